The van der Waals surface area contributed by atoms with Gasteiger partial charge < -0.3 is 9.13 Å². The topological polar surface area (TPSA) is 26.9 Å². The second-order valence-electron chi connectivity index (χ2n) is 5.18. The molecule has 0 bridgehead atoms. The van der Waals surface area contributed by atoms with Gasteiger partial charge in [0.15, 0.2) is 0 Å². The molecule has 4 rings (SSSR count). The van der Waals surface area contributed by atoms with Crippen molar-refractivity contribution in [1.82, 2.24) is 9.13 Å². The zero-order valence-electron chi connectivity index (χ0n) is 11.4. The first-order chi connectivity index (χ1) is 9.70. The molecular formula is C17H14N2O. The van der Waals surface area contributed by atoms with E-state index in [1.807, 2.05) is 49.0 Å². The number of hydrogen-bond donors (Lipinski definition) is 0. The highest BCUT2D eigenvalue weighted by Crippen LogP contribution is 2.31. The number of nitrogens with zero attached hydrogens (tertiary/aromatic N) is 2. The fraction of sp³-hybridized carbons (Fsp3) is 0.118. The van der Waals surface area contributed by atoms with E-state index in [1.165, 1.54) is 0 Å². The van der Waals surface area contributed by atoms with Crippen LogP contribution < -0.4 is 5.56 Å². The van der Waals surface area contributed by atoms with Crippen molar-refractivity contribution in [3.63, 3.8) is 0 Å². The predicted octanol–water partition coefficient (Wildman–Crippen LogP) is 3.18. The summed E-state index contributed by atoms with van der Waals surface area (Å²) in [4.78, 5) is 12.7. The summed E-state index contributed by atoms with van der Waals surface area (Å²) in [6.07, 6.45) is 0. The maximum Gasteiger partial charge on any atom is 0.275 e. The Hall–Kier alpha value is -2.55. The van der Waals surface area contributed by atoms with E-state index in [0.717, 1.165) is 32.7 Å². The van der Waals surface area contributed by atoms with E-state index in [9.17, 15) is 4.79 Å². The van der Waals surface area contributed by atoms with Crippen LogP contribution in [0.25, 0.3) is 32.7 Å². The Labute approximate surface area is 115 Å². The Morgan fingerprint density at radius 2 is 1.25 bits per heavy atom. The summed E-state index contributed by atoms with van der Waals surface area (Å²) in [6.45, 7) is 0. The van der Waals surface area contributed by atoms with Crippen LogP contribution in [0.4, 0.5) is 0 Å². The number of pyridine rings is 1. The van der Waals surface area contributed by atoms with Gasteiger partial charge >= 0.3 is 0 Å². The van der Waals surface area contributed by atoms with Gasteiger partial charge in [0, 0.05) is 35.8 Å². The first kappa shape index (κ1) is 11.3. The van der Waals surface area contributed by atoms with E-state index >= 15 is 0 Å². The summed E-state index contributed by atoms with van der Waals surface area (Å²) >= 11 is 0. The molecule has 2 aromatic carbocycles. The molecule has 2 aromatic heterocycles. The molecule has 0 atom stereocenters. The van der Waals surface area contributed by atoms with E-state index in [4.69, 9.17) is 0 Å². The lowest BCUT2D eigenvalue weighted by atomic mass is 10.1. The smallest absolute Gasteiger partial charge is 0.275 e. The molecule has 0 saturated heterocycles. The summed E-state index contributed by atoms with van der Waals surface area (Å²) in [6, 6.07) is 16.3. The molecule has 20 heavy (non-hydrogen) atoms. The van der Waals surface area contributed by atoms with E-state index in [-0.39, 0.29) is 5.56 Å². The molecule has 0 aliphatic carbocycles. The minimum absolute atomic E-state index is 0.0531. The molecule has 3 nitrogen and oxygen atoms in total. The predicted molar refractivity (Wildman–Crippen MR) is 83.2 cm³/mol. The quantitative estimate of drug-likeness (QED) is 0.478. The minimum Gasteiger partial charge on any atom is -0.339 e. The van der Waals surface area contributed by atoms with Crippen molar-refractivity contribution in [2.24, 2.45) is 14.1 Å². The zero-order valence-corrected chi connectivity index (χ0v) is 11.4. The van der Waals surface area contributed by atoms with Crippen molar-refractivity contribution < 1.29 is 0 Å². The van der Waals surface area contributed by atoms with Gasteiger partial charge in [-0.3, -0.25) is 4.79 Å². The number of aryl methyl sites for hydroxylation is 2. The first-order valence-electron chi connectivity index (χ1n) is 6.65. The van der Waals surface area contributed by atoms with Crippen LogP contribution in [0.1, 0.15) is 0 Å². The van der Waals surface area contributed by atoms with Crippen molar-refractivity contribution in [2.75, 3.05) is 0 Å². The second-order valence-corrected chi connectivity index (χ2v) is 5.18. The Morgan fingerprint density at radius 3 is 1.85 bits per heavy atom. The fourth-order valence-electron chi connectivity index (χ4n) is 3.16. The third-order valence-electron chi connectivity index (χ3n) is 4.15. The fourth-order valence-corrected chi connectivity index (χ4v) is 3.16. The highest BCUT2D eigenvalue weighted by atomic mass is 16.1. The van der Waals surface area contributed by atoms with Crippen LogP contribution >= 0.6 is 0 Å². The van der Waals surface area contributed by atoms with E-state index < -0.39 is 0 Å². The second kappa shape index (κ2) is 3.73. The molecule has 0 amide bonds. The van der Waals surface area contributed by atoms with Crippen molar-refractivity contribution >= 4 is 32.7 Å². The number of benzene rings is 2. The van der Waals surface area contributed by atoms with Gasteiger partial charge in [-0.2, -0.15) is 0 Å². The van der Waals surface area contributed by atoms with Gasteiger partial charge in [0.05, 0.1) is 5.52 Å². The summed E-state index contributed by atoms with van der Waals surface area (Å²) < 4.78 is 3.73. The van der Waals surface area contributed by atoms with Gasteiger partial charge in [-0.15, -0.1) is 0 Å². The highest BCUT2D eigenvalue weighted by molar-refractivity contribution is 6.19. The Morgan fingerprint density at radius 1 is 0.750 bits per heavy atom. The van der Waals surface area contributed by atoms with Crippen molar-refractivity contribution in [1.29, 1.82) is 0 Å². The van der Waals surface area contributed by atoms with Crippen LogP contribution in [-0.4, -0.2) is 9.13 Å². The van der Waals surface area contributed by atoms with Gasteiger partial charge in [0.2, 0.25) is 0 Å². The van der Waals surface area contributed by atoms with Gasteiger partial charge in [-0.1, -0.05) is 36.4 Å². The first-order valence-corrected chi connectivity index (χ1v) is 6.65. The Balaban J connectivity index is 2.51. The molecule has 4 aromatic rings. The molecule has 0 radical (unpaired) electrons. The molecular weight excluding hydrogens is 248 g/mol. The zero-order chi connectivity index (χ0) is 13.9. The molecule has 0 saturated carbocycles. The van der Waals surface area contributed by atoms with Gasteiger partial charge in [-0.25, -0.2) is 0 Å². The highest BCUT2D eigenvalue weighted by Gasteiger charge is 2.15. The molecule has 0 aliphatic heterocycles. The van der Waals surface area contributed by atoms with Crippen LogP contribution in [0.3, 0.4) is 0 Å². The van der Waals surface area contributed by atoms with E-state index in [1.54, 1.807) is 4.57 Å². The van der Waals surface area contributed by atoms with Crippen LogP contribution in [0.15, 0.2) is 53.3 Å². The number of rotatable bonds is 0. The average molecular weight is 262 g/mol. The lowest BCUT2D eigenvalue weighted by Crippen LogP contribution is -2.18. The molecule has 0 unspecified atom stereocenters. The Kier molecular flexibility index (Phi) is 2.11. The van der Waals surface area contributed by atoms with Gasteiger partial charge in [0.1, 0.15) is 5.52 Å². The van der Waals surface area contributed by atoms with Gasteiger partial charge in [-0.05, 0) is 12.1 Å². The van der Waals surface area contributed by atoms with E-state index in [2.05, 4.69) is 18.2 Å². The molecule has 98 valence electrons. The molecule has 0 fully saturated rings. The van der Waals surface area contributed by atoms with Crippen LogP contribution in [0.2, 0.25) is 0 Å². The summed E-state index contributed by atoms with van der Waals surface area (Å²) in [5, 5.41) is 3.32. The molecule has 3 heteroatoms. The SMILES string of the molecule is Cn1c(=O)c2c(c3ccccc31)c1ccccc1n2C. The number of hydrogen-bond acceptors (Lipinski definition) is 1. The third-order valence-corrected chi connectivity index (χ3v) is 4.15. The summed E-state index contributed by atoms with van der Waals surface area (Å²) in [5.41, 5.74) is 2.89. The lowest BCUT2D eigenvalue weighted by molar-refractivity contribution is 0.896. The summed E-state index contributed by atoms with van der Waals surface area (Å²) in [7, 11) is 3.79. The molecule has 2 heterocycles. The maximum atomic E-state index is 12.7. The van der Waals surface area contributed by atoms with Crippen LogP contribution in [0, 0.1) is 0 Å². The third kappa shape index (κ3) is 1.22. The van der Waals surface area contributed by atoms with Crippen molar-refractivity contribution in [2.45, 2.75) is 0 Å². The monoisotopic (exact) mass is 262 g/mol. The van der Waals surface area contributed by atoms with Crippen molar-refractivity contribution in [3.8, 4) is 0 Å². The summed E-state index contributed by atoms with van der Waals surface area (Å²) in [5.74, 6) is 0. The average Bonchev–Trinajstić information content (AvgIpc) is 2.79. The number of aromatic nitrogens is 2. The lowest BCUT2D eigenvalue weighted by Gasteiger charge is -2.07. The largest absolute Gasteiger partial charge is 0.339 e. The van der Waals surface area contributed by atoms with Crippen LogP contribution in [0.5, 0.6) is 0 Å². The minimum atomic E-state index is 0.0531. The standard InChI is InChI=1S/C17H14N2O/c1-18-13-9-5-3-7-11(13)15-12-8-4-6-10-14(12)19(2)17(20)16(15)18/h3-10H,1-2H3. The molecule has 0 N–H and O–H groups in total. The normalized spacial score (nSPS) is 11.7. The Bertz CT molecular complexity index is 1040. The van der Waals surface area contributed by atoms with Gasteiger partial charge in [0.25, 0.3) is 5.56 Å². The van der Waals surface area contributed by atoms with E-state index in [0.29, 0.717) is 0 Å². The molecule has 0 aliphatic rings. The van der Waals surface area contributed by atoms with Crippen LogP contribution in [-0.2, 0) is 14.1 Å². The maximum absolute atomic E-state index is 12.7. The number of para-hydroxylation sites is 2. The molecule has 0 spiro atoms. The van der Waals surface area contributed by atoms with Crippen molar-refractivity contribution in [3.05, 3.63) is 58.9 Å². The number of fused-ring (bicyclic) bond motifs is 5.